The molecule has 1 N–H and O–H groups in total. The lowest BCUT2D eigenvalue weighted by Gasteiger charge is -2.25. The number of hydrogen-bond acceptors (Lipinski definition) is 7. The van der Waals surface area contributed by atoms with Gasteiger partial charge in [-0.1, -0.05) is 18.2 Å². The summed E-state index contributed by atoms with van der Waals surface area (Å²) < 4.78 is 41.8. The van der Waals surface area contributed by atoms with Crippen LogP contribution in [-0.2, 0) is 10.0 Å². The lowest BCUT2D eigenvalue weighted by molar-refractivity contribution is 0.298. The van der Waals surface area contributed by atoms with Crippen molar-refractivity contribution in [2.75, 3.05) is 27.7 Å². The molecule has 0 radical (unpaired) electrons. The zero-order chi connectivity index (χ0) is 18.7. The average molecular weight is 393 g/mol. The predicted octanol–water partition coefficient (Wildman–Crippen LogP) is 2.28. The van der Waals surface area contributed by atoms with Gasteiger partial charge in [0.1, 0.15) is 21.7 Å². The van der Waals surface area contributed by atoms with Crippen molar-refractivity contribution in [3.63, 3.8) is 0 Å². The number of aromatic nitrogens is 2. The quantitative estimate of drug-likeness (QED) is 0.664. The highest BCUT2D eigenvalue weighted by atomic mass is 32.2. The van der Waals surface area contributed by atoms with E-state index in [2.05, 4.69) is 13.5 Å². The monoisotopic (exact) mass is 392 g/mol. The van der Waals surface area contributed by atoms with Crippen LogP contribution in [0.3, 0.4) is 0 Å². The highest BCUT2D eigenvalue weighted by molar-refractivity contribution is 7.89. The first-order valence-corrected chi connectivity index (χ1v) is 10.1. The van der Waals surface area contributed by atoms with Crippen LogP contribution in [0.5, 0.6) is 5.75 Å². The molecule has 9 heteroatoms. The van der Waals surface area contributed by atoms with E-state index in [9.17, 15) is 8.42 Å². The van der Waals surface area contributed by atoms with Crippen LogP contribution in [0, 0.1) is 0 Å². The number of ether oxygens (including phenoxy) is 1. The van der Waals surface area contributed by atoms with Crippen molar-refractivity contribution in [1.82, 2.24) is 18.4 Å². The van der Waals surface area contributed by atoms with Crippen molar-refractivity contribution in [2.24, 2.45) is 0 Å². The molecule has 0 bridgehead atoms. The number of fused-ring (bicyclic) bond motifs is 1. The van der Waals surface area contributed by atoms with Gasteiger partial charge in [-0.05, 0) is 43.9 Å². The van der Waals surface area contributed by atoms with E-state index >= 15 is 0 Å². The molecule has 0 saturated carbocycles. The molecule has 3 rings (SSSR count). The molecule has 7 nitrogen and oxygen atoms in total. The number of methoxy groups -OCH3 is 1. The normalized spacial score (nSPS) is 13.2. The molecular formula is C17H20N4O3S2. The molecule has 0 amide bonds. The number of nitrogens with zero attached hydrogens (tertiary/aromatic N) is 3. The van der Waals surface area contributed by atoms with E-state index in [1.165, 1.54) is 0 Å². The second-order valence-corrected chi connectivity index (χ2v) is 8.26. The Bertz CT molecular complexity index is 1000. The third-order valence-corrected chi connectivity index (χ3v) is 6.10. The molecule has 3 aromatic rings. The van der Waals surface area contributed by atoms with Crippen molar-refractivity contribution in [1.29, 1.82) is 0 Å². The molecule has 0 spiro atoms. The van der Waals surface area contributed by atoms with Gasteiger partial charge in [0.2, 0.25) is 10.0 Å². The van der Waals surface area contributed by atoms with Gasteiger partial charge in [0.25, 0.3) is 0 Å². The molecule has 0 aliphatic heterocycles. The summed E-state index contributed by atoms with van der Waals surface area (Å²) in [5.74, 6) is 0.732. The maximum atomic E-state index is 12.8. The SMILES string of the molecule is COc1cccc([C@@H](CNS(=O)(=O)c2cccc3nsnc23)N(C)C)c1. The Morgan fingerprint density at radius 1 is 1.19 bits per heavy atom. The van der Waals surface area contributed by atoms with E-state index in [-0.39, 0.29) is 17.5 Å². The second-order valence-electron chi connectivity index (χ2n) is 6.00. The standard InChI is InChI=1S/C17H20N4O3S2/c1-21(2)15(12-6-4-7-13(10-12)24-3)11-18-26(22,23)16-9-5-8-14-17(16)20-25-19-14/h4-10,15,18H,11H2,1-3H3/t15-/m1/s1. The highest BCUT2D eigenvalue weighted by Crippen LogP contribution is 2.24. The van der Waals surface area contributed by atoms with Gasteiger partial charge >= 0.3 is 0 Å². The van der Waals surface area contributed by atoms with Crippen molar-refractivity contribution < 1.29 is 13.2 Å². The molecule has 0 fully saturated rings. The molecule has 1 aromatic heterocycles. The Hall–Kier alpha value is -2.07. The Balaban J connectivity index is 1.85. The predicted molar refractivity (Wildman–Crippen MR) is 102 cm³/mol. The summed E-state index contributed by atoms with van der Waals surface area (Å²) >= 11 is 0.999. The summed E-state index contributed by atoms with van der Waals surface area (Å²) in [4.78, 5) is 2.11. The lowest BCUT2D eigenvalue weighted by atomic mass is 10.1. The minimum Gasteiger partial charge on any atom is -0.497 e. The van der Waals surface area contributed by atoms with Crippen LogP contribution >= 0.6 is 11.7 Å². The van der Waals surface area contributed by atoms with Gasteiger partial charge in [-0.2, -0.15) is 8.75 Å². The van der Waals surface area contributed by atoms with E-state index in [1.807, 2.05) is 43.3 Å². The van der Waals surface area contributed by atoms with Crippen molar-refractivity contribution >= 4 is 32.8 Å². The van der Waals surface area contributed by atoms with Crippen molar-refractivity contribution in [3.8, 4) is 5.75 Å². The number of nitrogens with one attached hydrogen (secondary N) is 1. The molecule has 0 aliphatic rings. The number of rotatable bonds is 7. The van der Waals surface area contributed by atoms with Crippen LogP contribution in [0.2, 0.25) is 0 Å². The molecule has 26 heavy (non-hydrogen) atoms. The summed E-state index contributed by atoms with van der Waals surface area (Å²) in [6.45, 7) is 0.219. The molecule has 1 heterocycles. The maximum absolute atomic E-state index is 12.8. The smallest absolute Gasteiger partial charge is 0.242 e. The van der Waals surface area contributed by atoms with Gasteiger partial charge in [-0.3, -0.25) is 0 Å². The zero-order valence-corrected chi connectivity index (χ0v) is 16.3. The topological polar surface area (TPSA) is 84.4 Å². The van der Waals surface area contributed by atoms with Crippen molar-refractivity contribution in [2.45, 2.75) is 10.9 Å². The molecular weight excluding hydrogens is 372 g/mol. The summed E-state index contributed by atoms with van der Waals surface area (Å²) in [5.41, 5.74) is 1.94. The van der Waals surface area contributed by atoms with Gasteiger partial charge in [0.15, 0.2) is 0 Å². The summed E-state index contributed by atoms with van der Waals surface area (Å²) in [6, 6.07) is 12.4. The van der Waals surface area contributed by atoms with Gasteiger partial charge in [0.05, 0.1) is 18.8 Å². The first-order chi connectivity index (χ1) is 12.4. The number of sulfonamides is 1. The van der Waals surface area contributed by atoms with E-state index < -0.39 is 10.0 Å². The Kier molecular flexibility index (Phi) is 5.52. The zero-order valence-electron chi connectivity index (χ0n) is 14.7. The van der Waals surface area contributed by atoms with Crippen LogP contribution in [0.15, 0.2) is 47.4 Å². The van der Waals surface area contributed by atoms with Crippen LogP contribution in [0.4, 0.5) is 0 Å². The largest absolute Gasteiger partial charge is 0.497 e. The first-order valence-electron chi connectivity index (χ1n) is 7.93. The number of benzene rings is 2. The molecule has 0 saturated heterocycles. The first kappa shape index (κ1) is 18.7. The fourth-order valence-corrected chi connectivity index (χ4v) is 4.51. The number of hydrogen-bond donors (Lipinski definition) is 1. The Morgan fingerprint density at radius 2 is 1.96 bits per heavy atom. The molecule has 0 aliphatic carbocycles. The third-order valence-electron chi connectivity index (χ3n) is 4.11. The molecule has 138 valence electrons. The van der Waals surface area contributed by atoms with E-state index in [0.29, 0.717) is 11.0 Å². The van der Waals surface area contributed by atoms with Gasteiger partial charge in [-0.15, -0.1) is 0 Å². The van der Waals surface area contributed by atoms with E-state index in [0.717, 1.165) is 23.0 Å². The van der Waals surface area contributed by atoms with Crippen LogP contribution in [0.1, 0.15) is 11.6 Å². The minimum atomic E-state index is -3.71. The fourth-order valence-electron chi connectivity index (χ4n) is 2.71. The van der Waals surface area contributed by atoms with Crippen LogP contribution in [-0.4, -0.2) is 49.8 Å². The third kappa shape index (κ3) is 3.85. The minimum absolute atomic E-state index is 0.145. The van der Waals surface area contributed by atoms with Gasteiger partial charge in [0, 0.05) is 12.6 Å². The fraction of sp³-hybridized carbons (Fsp3) is 0.294. The van der Waals surface area contributed by atoms with Crippen molar-refractivity contribution in [3.05, 3.63) is 48.0 Å². The summed E-state index contributed by atoms with van der Waals surface area (Å²) in [6.07, 6.45) is 0. The van der Waals surface area contributed by atoms with Crippen LogP contribution in [0.25, 0.3) is 11.0 Å². The highest BCUT2D eigenvalue weighted by Gasteiger charge is 2.23. The second kappa shape index (κ2) is 7.67. The summed E-state index contributed by atoms with van der Waals surface area (Å²) in [7, 11) is 1.71. The lowest BCUT2D eigenvalue weighted by Crippen LogP contribution is -2.34. The maximum Gasteiger partial charge on any atom is 0.242 e. The molecule has 2 aromatic carbocycles. The van der Waals surface area contributed by atoms with Crippen LogP contribution < -0.4 is 9.46 Å². The molecule has 0 unspecified atom stereocenters. The average Bonchev–Trinajstić information content (AvgIpc) is 3.10. The van der Waals surface area contributed by atoms with Gasteiger partial charge in [-0.25, -0.2) is 13.1 Å². The Morgan fingerprint density at radius 3 is 2.69 bits per heavy atom. The van der Waals surface area contributed by atoms with E-state index in [4.69, 9.17) is 4.74 Å². The van der Waals surface area contributed by atoms with E-state index in [1.54, 1.807) is 25.3 Å². The van der Waals surface area contributed by atoms with Gasteiger partial charge < -0.3 is 9.64 Å². The summed E-state index contributed by atoms with van der Waals surface area (Å²) in [5, 5.41) is 0. The number of likely N-dealkylation sites (N-methyl/N-ethyl adjacent to an activating group) is 1. The Labute approximate surface area is 157 Å². The molecule has 1 atom stereocenters.